The zero-order valence-electron chi connectivity index (χ0n) is 12.5. The van der Waals surface area contributed by atoms with Crippen molar-refractivity contribution in [2.45, 2.75) is 24.8 Å². The van der Waals surface area contributed by atoms with Crippen LogP contribution in [0.15, 0.2) is 12.4 Å². The second-order valence-corrected chi connectivity index (χ2v) is 7.74. The third-order valence-electron chi connectivity index (χ3n) is 5.03. The zero-order valence-corrected chi connectivity index (χ0v) is 15.5. The molecule has 1 saturated carbocycles. The van der Waals surface area contributed by atoms with E-state index in [1.807, 2.05) is 6.20 Å². The summed E-state index contributed by atoms with van der Waals surface area (Å²) in [6.45, 7) is 4.77. The number of hydrogen-bond donors (Lipinski definition) is 0. The van der Waals surface area contributed by atoms with Crippen LogP contribution in [0.4, 0.5) is 0 Å². The normalized spacial score (nSPS) is 27.2. The van der Waals surface area contributed by atoms with E-state index in [1.54, 1.807) is 6.20 Å². The van der Waals surface area contributed by atoms with Gasteiger partial charge < -0.3 is 4.90 Å². The molecule has 4 rings (SSSR count). The lowest BCUT2D eigenvalue weighted by Gasteiger charge is -2.45. The summed E-state index contributed by atoms with van der Waals surface area (Å²) in [7, 11) is 2.21. The van der Waals surface area contributed by atoms with Crippen molar-refractivity contribution in [3.63, 3.8) is 0 Å². The second-order valence-electron chi connectivity index (χ2n) is 6.36. The van der Waals surface area contributed by atoms with Gasteiger partial charge in [0.1, 0.15) is 15.0 Å². The zero-order chi connectivity index (χ0) is 15.3. The van der Waals surface area contributed by atoms with Gasteiger partial charge in [0.25, 0.3) is 0 Å². The van der Waals surface area contributed by atoms with Crippen LogP contribution in [0, 0.1) is 3.70 Å². The number of nitrogens with zero attached hydrogens (tertiary/aromatic N) is 5. The molecule has 1 aliphatic heterocycles. The molecular formula is C15H19ClIN5. The molecule has 2 aliphatic rings. The van der Waals surface area contributed by atoms with Crippen molar-refractivity contribution in [1.29, 1.82) is 0 Å². The fourth-order valence-corrected chi connectivity index (χ4v) is 4.71. The summed E-state index contributed by atoms with van der Waals surface area (Å²) in [5.41, 5.74) is 0.947. The summed E-state index contributed by atoms with van der Waals surface area (Å²) in [6.07, 6.45) is 6.15. The first-order valence-corrected chi connectivity index (χ1v) is 9.19. The molecule has 2 aromatic heterocycles. The van der Waals surface area contributed by atoms with E-state index in [9.17, 15) is 0 Å². The van der Waals surface area contributed by atoms with Crippen LogP contribution in [-0.2, 0) is 0 Å². The first kappa shape index (κ1) is 15.1. The number of rotatable bonds is 2. The minimum atomic E-state index is 0.541. The Bertz CT molecular complexity index is 689. The first-order chi connectivity index (χ1) is 10.6. The maximum atomic E-state index is 6.22. The maximum Gasteiger partial charge on any atom is 0.155 e. The van der Waals surface area contributed by atoms with E-state index in [-0.39, 0.29) is 0 Å². The lowest BCUT2D eigenvalue weighted by molar-refractivity contribution is 0.0586. The molecule has 0 amide bonds. The number of fused-ring (bicyclic) bond motifs is 1. The Labute approximate surface area is 148 Å². The molecule has 0 bridgehead atoms. The maximum absolute atomic E-state index is 6.22. The van der Waals surface area contributed by atoms with E-state index in [0.29, 0.717) is 11.1 Å². The van der Waals surface area contributed by atoms with Crippen LogP contribution in [0.2, 0.25) is 5.15 Å². The summed E-state index contributed by atoms with van der Waals surface area (Å²) in [6, 6.07) is 0.723. The number of hydrogen-bond acceptors (Lipinski definition) is 4. The molecule has 2 fully saturated rings. The summed E-state index contributed by atoms with van der Waals surface area (Å²) in [4.78, 5) is 14.0. The van der Waals surface area contributed by atoms with Gasteiger partial charge in [-0.3, -0.25) is 9.30 Å². The predicted molar refractivity (Wildman–Crippen MR) is 95.5 cm³/mol. The minimum absolute atomic E-state index is 0.541. The number of piperazine rings is 1. The molecule has 0 unspecified atom stereocenters. The largest absolute Gasteiger partial charge is 0.304 e. The van der Waals surface area contributed by atoms with E-state index >= 15 is 0 Å². The van der Waals surface area contributed by atoms with E-state index in [0.717, 1.165) is 21.1 Å². The molecule has 22 heavy (non-hydrogen) atoms. The molecule has 0 aromatic carbocycles. The van der Waals surface area contributed by atoms with Gasteiger partial charge in [-0.05, 0) is 42.5 Å². The Balaban J connectivity index is 1.50. The monoisotopic (exact) mass is 431 g/mol. The molecule has 0 spiro atoms. The van der Waals surface area contributed by atoms with Gasteiger partial charge in [-0.1, -0.05) is 11.6 Å². The van der Waals surface area contributed by atoms with E-state index in [4.69, 9.17) is 16.6 Å². The molecule has 0 N–H and O–H groups in total. The number of imidazole rings is 1. The fraction of sp³-hybridized carbons (Fsp3) is 0.600. The third kappa shape index (κ3) is 2.53. The smallest absolute Gasteiger partial charge is 0.155 e. The summed E-state index contributed by atoms with van der Waals surface area (Å²) in [5.74, 6) is 1.69. The van der Waals surface area contributed by atoms with Crippen LogP contribution in [0.25, 0.3) is 5.52 Å². The highest BCUT2D eigenvalue weighted by atomic mass is 127. The Hall–Kier alpha value is -0.440. The van der Waals surface area contributed by atoms with Crippen LogP contribution >= 0.6 is 34.2 Å². The topological polar surface area (TPSA) is 36.7 Å². The van der Waals surface area contributed by atoms with Gasteiger partial charge in [-0.15, -0.1) is 0 Å². The molecule has 7 heteroatoms. The predicted octanol–water partition coefficient (Wildman–Crippen LogP) is 2.48. The van der Waals surface area contributed by atoms with Gasteiger partial charge in [0.05, 0.1) is 0 Å². The van der Waals surface area contributed by atoms with Gasteiger partial charge in [-0.2, -0.15) is 0 Å². The van der Waals surface area contributed by atoms with Crippen LogP contribution in [-0.4, -0.2) is 63.4 Å². The SMILES string of the molecule is CN1CCN([C@H]2C[C@H](c3nc(I)c4c(Cl)nccn43)C2)CC1. The molecule has 5 nitrogen and oxygen atoms in total. The minimum Gasteiger partial charge on any atom is -0.304 e. The third-order valence-corrected chi connectivity index (χ3v) is 6.06. The first-order valence-electron chi connectivity index (χ1n) is 7.74. The fourth-order valence-electron chi connectivity index (χ4n) is 3.56. The number of halogens is 2. The van der Waals surface area contributed by atoms with Gasteiger partial charge in [0.2, 0.25) is 0 Å². The standard InChI is InChI=1S/C15H19ClIN5/c1-20-4-6-21(7-5-20)11-8-10(9-11)15-19-14(17)12-13(16)18-2-3-22(12)15/h2-3,10-11H,4-9H2,1H3/t10-,11-. The summed E-state index contributed by atoms with van der Waals surface area (Å²) >= 11 is 8.47. The van der Waals surface area contributed by atoms with E-state index in [1.165, 1.54) is 39.0 Å². The molecule has 1 aliphatic carbocycles. The molecule has 118 valence electrons. The van der Waals surface area contributed by atoms with E-state index < -0.39 is 0 Å². The highest BCUT2D eigenvalue weighted by Gasteiger charge is 2.38. The number of aromatic nitrogens is 3. The van der Waals surface area contributed by atoms with Crippen LogP contribution < -0.4 is 0 Å². The molecular weight excluding hydrogens is 413 g/mol. The molecule has 2 aromatic rings. The van der Waals surface area contributed by atoms with Crippen molar-refractivity contribution < 1.29 is 0 Å². The van der Waals surface area contributed by atoms with Gasteiger partial charge >= 0.3 is 0 Å². The number of likely N-dealkylation sites (N-methyl/N-ethyl adjacent to an activating group) is 1. The summed E-state index contributed by atoms with van der Waals surface area (Å²) in [5, 5.41) is 0.542. The lowest BCUT2D eigenvalue weighted by Crippen LogP contribution is -2.52. The average molecular weight is 432 g/mol. The van der Waals surface area contributed by atoms with Crippen molar-refractivity contribution in [1.82, 2.24) is 24.2 Å². The molecule has 0 radical (unpaired) electrons. The van der Waals surface area contributed by atoms with Crippen LogP contribution in [0.1, 0.15) is 24.6 Å². The van der Waals surface area contributed by atoms with Crippen molar-refractivity contribution in [3.05, 3.63) is 27.1 Å². The molecule has 1 saturated heterocycles. The van der Waals surface area contributed by atoms with Gasteiger partial charge in [-0.25, -0.2) is 9.97 Å². The highest BCUT2D eigenvalue weighted by molar-refractivity contribution is 14.1. The van der Waals surface area contributed by atoms with Crippen molar-refractivity contribution in [2.24, 2.45) is 0 Å². The lowest BCUT2D eigenvalue weighted by atomic mass is 9.78. The quantitative estimate of drug-likeness (QED) is 0.685. The van der Waals surface area contributed by atoms with Crippen molar-refractivity contribution in [3.8, 4) is 0 Å². The Kier molecular flexibility index (Phi) is 4.04. The second kappa shape index (κ2) is 5.89. The van der Waals surface area contributed by atoms with Crippen molar-refractivity contribution >= 4 is 39.7 Å². The van der Waals surface area contributed by atoms with Crippen LogP contribution in [0.3, 0.4) is 0 Å². The Morgan fingerprint density at radius 1 is 1.23 bits per heavy atom. The Morgan fingerprint density at radius 2 is 1.95 bits per heavy atom. The molecule has 3 heterocycles. The average Bonchev–Trinajstić information content (AvgIpc) is 2.78. The van der Waals surface area contributed by atoms with E-state index in [2.05, 4.69) is 48.8 Å². The highest BCUT2D eigenvalue weighted by Crippen LogP contribution is 2.40. The van der Waals surface area contributed by atoms with Gasteiger partial charge in [0.15, 0.2) is 5.15 Å². The van der Waals surface area contributed by atoms with Crippen molar-refractivity contribution in [2.75, 3.05) is 33.2 Å². The van der Waals surface area contributed by atoms with Crippen LogP contribution in [0.5, 0.6) is 0 Å². The summed E-state index contributed by atoms with van der Waals surface area (Å²) < 4.78 is 3.08. The Morgan fingerprint density at radius 3 is 2.68 bits per heavy atom. The molecule has 0 atom stereocenters. The van der Waals surface area contributed by atoms with Gasteiger partial charge in [0, 0.05) is 50.5 Å².